The predicted molar refractivity (Wildman–Crippen MR) is 125 cm³/mol. The van der Waals surface area contributed by atoms with Gasteiger partial charge in [0.15, 0.2) is 5.69 Å². The lowest BCUT2D eigenvalue weighted by Gasteiger charge is -2.10. The van der Waals surface area contributed by atoms with E-state index in [1.54, 1.807) is 24.3 Å². The second-order valence-corrected chi connectivity index (χ2v) is 11.0. The van der Waals surface area contributed by atoms with E-state index in [-0.39, 0.29) is 17.1 Å². The number of nitrogens with zero attached hydrogens (tertiary/aromatic N) is 5. The number of tetrazole rings is 1. The van der Waals surface area contributed by atoms with Crippen LogP contribution in [0.5, 0.6) is 0 Å². The molecule has 0 amide bonds. The van der Waals surface area contributed by atoms with Crippen molar-refractivity contribution in [2.45, 2.75) is 9.79 Å². The SMILES string of the molecule is O=[N+]([O-])c1ccc(-[n+]2nc(-c3ccc(S(=O)(=O)O)cc3S(=O)(=O)[O-])nn2-c2ccc(I)cc2)cc1. The zero-order chi connectivity index (χ0) is 25.5. The number of hydrogen-bond acceptors (Lipinski definition) is 9. The van der Waals surface area contributed by atoms with Crippen LogP contribution in [0.15, 0.2) is 76.5 Å². The summed E-state index contributed by atoms with van der Waals surface area (Å²) in [5.41, 5.74) is 0.306. The van der Waals surface area contributed by atoms with E-state index in [2.05, 4.69) is 32.8 Å². The van der Waals surface area contributed by atoms with Gasteiger partial charge in [0.2, 0.25) is 0 Å². The lowest BCUT2D eigenvalue weighted by atomic mass is 10.2. The average molecular weight is 629 g/mol. The highest BCUT2D eigenvalue weighted by molar-refractivity contribution is 14.1. The highest BCUT2D eigenvalue weighted by atomic mass is 127. The van der Waals surface area contributed by atoms with Crippen LogP contribution in [-0.4, -0.2) is 45.9 Å². The van der Waals surface area contributed by atoms with Gasteiger partial charge in [-0.15, -0.1) is 0 Å². The summed E-state index contributed by atoms with van der Waals surface area (Å²) in [4.78, 5) is 11.2. The number of benzene rings is 3. The molecule has 3 aromatic carbocycles. The van der Waals surface area contributed by atoms with E-state index in [9.17, 15) is 36.1 Å². The standard InChI is InChI=1S/C19H12IN5O8S2/c20-12-1-3-13(4-2-12)23-21-19(22-24(23)14-5-7-15(8-6-14)25(26)27)17-10-9-16(34(28,29)30)11-18(17)35(31,32)33/h1-11H,(H-,28,29,30,31,32,33). The van der Waals surface area contributed by atoms with Gasteiger partial charge in [0, 0.05) is 20.5 Å². The van der Waals surface area contributed by atoms with Gasteiger partial charge in [-0.25, -0.2) is 8.42 Å². The van der Waals surface area contributed by atoms with Gasteiger partial charge < -0.3 is 4.55 Å². The van der Waals surface area contributed by atoms with Gasteiger partial charge in [0.25, 0.3) is 15.8 Å². The molecule has 1 N–H and O–H groups in total. The molecule has 4 aromatic rings. The molecular formula is C19H12IN5O8S2. The number of non-ortho nitro benzene ring substituents is 1. The molecule has 0 saturated carbocycles. The first kappa shape index (κ1) is 24.8. The Bertz CT molecular complexity index is 1670. The van der Waals surface area contributed by atoms with Crippen LogP contribution >= 0.6 is 22.6 Å². The van der Waals surface area contributed by atoms with Gasteiger partial charge in [-0.3, -0.25) is 14.7 Å². The molecule has 0 aliphatic heterocycles. The van der Waals surface area contributed by atoms with Gasteiger partial charge in [-0.1, -0.05) is 0 Å². The summed E-state index contributed by atoms with van der Waals surface area (Å²) in [6.07, 6.45) is 0. The molecule has 0 saturated heterocycles. The van der Waals surface area contributed by atoms with Crippen LogP contribution in [0.1, 0.15) is 0 Å². The molecule has 13 nitrogen and oxygen atoms in total. The van der Waals surface area contributed by atoms with Crippen LogP contribution in [0.2, 0.25) is 0 Å². The molecule has 0 fully saturated rings. The molecule has 0 spiro atoms. The number of aromatic nitrogens is 4. The van der Waals surface area contributed by atoms with E-state index in [0.29, 0.717) is 17.4 Å². The largest absolute Gasteiger partial charge is 0.744 e. The number of halogens is 1. The second kappa shape index (κ2) is 9.04. The fourth-order valence-electron chi connectivity index (χ4n) is 3.06. The zero-order valence-electron chi connectivity index (χ0n) is 17.1. The lowest BCUT2D eigenvalue weighted by Crippen LogP contribution is -2.43. The van der Waals surface area contributed by atoms with Crippen molar-refractivity contribution < 1.29 is 35.7 Å². The second-order valence-electron chi connectivity index (χ2n) is 6.94. The molecule has 0 atom stereocenters. The molecule has 35 heavy (non-hydrogen) atoms. The fourth-order valence-corrected chi connectivity index (χ4v) is 4.70. The monoisotopic (exact) mass is 629 g/mol. The molecular weight excluding hydrogens is 617 g/mol. The Kier molecular flexibility index (Phi) is 6.40. The van der Waals surface area contributed by atoms with E-state index >= 15 is 0 Å². The smallest absolute Gasteiger partial charge is 0.341 e. The first-order valence-corrected chi connectivity index (χ1v) is 13.3. The summed E-state index contributed by atoms with van der Waals surface area (Å²) in [7, 11) is -10.0. The molecule has 0 aliphatic rings. The molecule has 1 heterocycles. The van der Waals surface area contributed by atoms with E-state index < -0.39 is 35.0 Å². The summed E-state index contributed by atoms with van der Waals surface area (Å²) in [6, 6.07) is 14.6. The Balaban J connectivity index is 1.97. The Hall–Kier alpha value is -3.32. The summed E-state index contributed by atoms with van der Waals surface area (Å²) in [6.45, 7) is 0. The minimum absolute atomic E-state index is 0.171. The minimum Gasteiger partial charge on any atom is -0.744 e. The van der Waals surface area contributed by atoms with Crippen LogP contribution in [0.25, 0.3) is 22.8 Å². The summed E-state index contributed by atoms with van der Waals surface area (Å²) >= 11 is 2.10. The van der Waals surface area contributed by atoms with Crippen LogP contribution in [0.3, 0.4) is 0 Å². The van der Waals surface area contributed by atoms with Crippen LogP contribution < -0.4 is 4.80 Å². The Labute approximate surface area is 211 Å². The molecule has 1 aromatic heterocycles. The molecule has 16 heteroatoms. The summed E-state index contributed by atoms with van der Waals surface area (Å²) in [5, 5.41) is 19.6. The molecule has 0 unspecified atom stereocenters. The van der Waals surface area contributed by atoms with Gasteiger partial charge in [0.05, 0.1) is 25.4 Å². The van der Waals surface area contributed by atoms with Crippen molar-refractivity contribution in [1.29, 1.82) is 0 Å². The summed E-state index contributed by atoms with van der Waals surface area (Å²) in [5.74, 6) is -0.266. The number of hydrogen-bond donors (Lipinski definition) is 1. The van der Waals surface area contributed by atoms with E-state index in [1.165, 1.54) is 33.9 Å². The van der Waals surface area contributed by atoms with Crippen molar-refractivity contribution in [2.75, 3.05) is 0 Å². The number of rotatable bonds is 6. The quantitative estimate of drug-likeness (QED) is 0.108. The van der Waals surface area contributed by atoms with Crippen LogP contribution in [0, 0.1) is 13.7 Å². The average Bonchev–Trinajstić information content (AvgIpc) is 3.23. The van der Waals surface area contributed by atoms with Crippen molar-refractivity contribution in [3.8, 4) is 22.8 Å². The maximum Gasteiger partial charge on any atom is 0.341 e. The molecule has 180 valence electrons. The van der Waals surface area contributed by atoms with Gasteiger partial charge in [0.1, 0.15) is 15.8 Å². The highest BCUT2D eigenvalue weighted by Crippen LogP contribution is 2.27. The third-order valence-corrected chi connectivity index (χ3v) is 7.11. The molecule has 4 rings (SSSR count). The van der Waals surface area contributed by atoms with Crippen molar-refractivity contribution in [3.05, 3.63) is 80.4 Å². The van der Waals surface area contributed by atoms with Crippen molar-refractivity contribution >= 4 is 48.5 Å². The molecule has 0 radical (unpaired) electrons. The van der Waals surface area contributed by atoms with Gasteiger partial charge in [-0.2, -0.15) is 8.42 Å². The normalized spacial score (nSPS) is 12.0. The Morgan fingerprint density at radius 1 is 0.971 bits per heavy atom. The van der Waals surface area contributed by atoms with Crippen molar-refractivity contribution in [3.63, 3.8) is 0 Å². The first-order valence-electron chi connectivity index (χ1n) is 9.33. The van der Waals surface area contributed by atoms with Crippen LogP contribution in [-0.2, 0) is 20.2 Å². The topological polar surface area (TPSA) is 189 Å². The van der Waals surface area contributed by atoms with Crippen LogP contribution in [0.4, 0.5) is 5.69 Å². The lowest BCUT2D eigenvalue weighted by molar-refractivity contribution is -0.734. The third-order valence-electron chi connectivity index (χ3n) is 4.67. The Morgan fingerprint density at radius 2 is 1.60 bits per heavy atom. The van der Waals surface area contributed by atoms with E-state index in [1.807, 2.05) is 0 Å². The minimum atomic E-state index is -5.22. The molecule has 0 aliphatic carbocycles. The third kappa shape index (κ3) is 5.20. The van der Waals surface area contributed by atoms with E-state index in [4.69, 9.17) is 0 Å². The highest BCUT2D eigenvalue weighted by Gasteiger charge is 2.28. The number of nitro benzene ring substituents is 1. The summed E-state index contributed by atoms with van der Waals surface area (Å²) < 4.78 is 68.8. The predicted octanol–water partition coefficient (Wildman–Crippen LogP) is 1.87. The van der Waals surface area contributed by atoms with Gasteiger partial charge in [-0.05, 0) is 87.1 Å². The van der Waals surface area contributed by atoms with Crippen molar-refractivity contribution in [2.24, 2.45) is 0 Å². The Morgan fingerprint density at radius 3 is 2.14 bits per heavy atom. The van der Waals surface area contributed by atoms with E-state index in [0.717, 1.165) is 15.7 Å². The maximum atomic E-state index is 11.9. The first-order chi connectivity index (χ1) is 16.3. The number of nitro groups is 1. The zero-order valence-corrected chi connectivity index (χ0v) is 20.9. The van der Waals surface area contributed by atoms with Crippen molar-refractivity contribution in [1.82, 2.24) is 15.0 Å². The maximum absolute atomic E-state index is 11.9. The van der Waals surface area contributed by atoms with Gasteiger partial charge >= 0.3 is 5.82 Å². The molecule has 0 bridgehead atoms. The fraction of sp³-hybridized carbons (Fsp3) is 0.